The predicted molar refractivity (Wildman–Crippen MR) is 117 cm³/mol. The third-order valence-corrected chi connectivity index (χ3v) is 7.80. The molecule has 0 spiro atoms. The van der Waals surface area contributed by atoms with Gasteiger partial charge in [-0.3, -0.25) is 4.79 Å². The SMILES string of the molecule is COc1cccc(N2CCN(S(=O)(=O)c3ccc4c(c3)C[C@H](C)N4C(C)=O)CC2)c1. The second-order valence-corrected chi connectivity index (χ2v) is 9.76. The number of carbonyl (C=O) groups excluding carboxylic acids is 1. The van der Waals surface area contributed by atoms with Crippen LogP contribution in [0.25, 0.3) is 0 Å². The van der Waals surface area contributed by atoms with Crippen molar-refractivity contribution in [3.63, 3.8) is 0 Å². The number of hydrogen-bond donors (Lipinski definition) is 0. The van der Waals surface area contributed by atoms with E-state index in [1.54, 1.807) is 34.5 Å². The van der Waals surface area contributed by atoms with Crippen LogP contribution in [0.15, 0.2) is 47.4 Å². The molecular formula is C22H27N3O4S. The number of ether oxygens (including phenoxy) is 1. The summed E-state index contributed by atoms with van der Waals surface area (Å²) in [5.74, 6) is 0.764. The van der Waals surface area contributed by atoms with Crippen molar-refractivity contribution < 1.29 is 17.9 Å². The lowest BCUT2D eigenvalue weighted by molar-refractivity contribution is -0.116. The summed E-state index contributed by atoms with van der Waals surface area (Å²) in [5.41, 5.74) is 2.76. The second kappa shape index (κ2) is 7.92. The number of rotatable bonds is 4. The number of piperazine rings is 1. The molecule has 2 heterocycles. The Morgan fingerprint density at radius 2 is 1.80 bits per heavy atom. The molecule has 0 bridgehead atoms. The summed E-state index contributed by atoms with van der Waals surface area (Å²) in [6.07, 6.45) is 0.669. The van der Waals surface area contributed by atoms with Gasteiger partial charge in [-0.15, -0.1) is 0 Å². The minimum atomic E-state index is -3.58. The quantitative estimate of drug-likeness (QED) is 0.747. The third-order valence-electron chi connectivity index (χ3n) is 5.90. The number of sulfonamides is 1. The molecule has 1 atom stereocenters. The van der Waals surface area contributed by atoms with Crippen LogP contribution >= 0.6 is 0 Å². The first-order valence-corrected chi connectivity index (χ1v) is 11.6. The van der Waals surface area contributed by atoms with Crippen molar-refractivity contribution >= 4 is 27.3 Å². The molecular weight excluding hydrogens is 402 g/mol. The van der Waals surface area contributed by atoms with Gasteiger partial charge in [0.1, 0.15) is 5.75 Å². The smallest absolute Gasteiger partial charge is 0.243 e. The van der Waals surface area contributed by atoms with Gasteiger partial charge in [0.2, 0.25) is 15.9 Å². The van der Waals surface area contributed by atoms with Gasteiger partial charge in [0, 0.05) is 56.6 Å². The van der Waals surface area contributed by atoms with Gasteiger partial charge < -0.3 is 14.5 Å². The first kappa shape index (κ1) is 20.7. The van der Waals surface area contributed by atoms with E-state index in [1.807, 2.05) is 31.2 Å². The molecule has 7 nitrogen and oxygen atoms in total. The Balaban J connectivity index is 1.50. The summed E-state index contributed by atoms with van der Waals surface area (Å²) in [7, 11) is -1.94. The molecule has 8 heteroatoms. The molecule has 0 unspecified atom stereocenters. The van der Waals surface area contributed by atoms with Crippen molar-refractivity contribution in [3.05, 3.63) is 48.0 Å². The van der Waals surface area contributed by atoms with Crippen LogP contribution in [-0.4, -0.2) is 58.0 Å². The molecule has 2 aromatic carbocycles. The van der Waals surface area contributed by atoms with Crippen LogP contribution in [-0.2, 0) is 21.2 Å². The Bertz CT molecular complexity index is 1060. The fourth-order valence-corrected chi connectivity index (χ4v) is 5.86. The number of nitrogens with zero attached hydrogens (tertiary/aromatic N) is 3. The lowest BCUT2D eigenvalue weighted by Gasteiger charge is -2.35. The zero-order valence-electron chi connectivity index (χ0n) is 17.5. The lowest BCUT2D eigenvalue weighted by Crippen LogP contribution is -2.48. The van der Waals surface area contributed by atoms with E-state index in [9.17, 15) is 13.2 Å². The molecule has 0 aromatic heterocycles. The van der Waals surface area contributed by atoms with Crippen LogP contribution in [0.5, 0.6) is 5.75 Å². The number of anilines is 2. The van der Waals surface area contributed by atoms with E-state index < -0.39 is 10.0 Å². The number of hydrogen-bond acceptors (Lipinski definition) is 5. The van der Waals surface area contributed by atoms with E-state index in [1.165, 1.54) is 6.92 Å². The van der Waals surface area contributed by atoms with Gasteiger partial charge in [-0.25, -0.2) is 8.42 Å². The van der Waals surface area contributed by atoms with Gasteiger partial charge in [0.25, 0.3) is 0 Å². The van der Waals surface area contributed by atoms with Gasteiger partial charge in [-0.2, -0.15) is 4.31 Å². The number of fused-ring (bicyclic) bond motifs is 1. The zero-order valence-corrected chi connectivity index (χ0v) is 18.4. The average Bonchev–Trinajstić information content (AvgIpc) is 3.09. The second-order valence-electron chi connectivity index (χ2n) is 7.83. The minimum absolute atomic E-state index is 0.0227. The molecule has 1 saturated heterocycles. The summed E-state index contributed by atoms with van der Waals surface area (Å²) >= 11 is 0. The highest BCUT2D eigenvalue weighted by Gasteiger charge is 2.33. The summed E-state index contributed by atoms with van der Waals surface area (Å²) in [6.45, 7) is 5.60. The van der Waals surface area contributed by atoms with E-state index in [0.717, 1.165) is 22.7 Å². The first-order valence-electron chi connectivity index (χ1n) is 10.1. The first-order chi connectivity index (χ1) is 14.3. The summed E-state index contributed by atoms with van der Waals surface area (Å²) < 4.78 is 33.3. The number of carbonyl (C=O) groups is 1. The van der Waals surface area contributed by atoms with Crippen LogP contribution in [0.2, 0.25) is 0 Å². The molecule has 1 amide bonds. The molecule has 160 valence electrons. The highest BCUT2D eigenvalue weighted by atomic mass is 32.2. The van der Waals surface area contributed by atoms with Crippen molar-refractivity contribution in [2.75, 3.05) is 43.1 Å². The number of amides is 1. The maximum Gasteiger partial charge on any atom is 0.243 e. The summed E-state index contributed by atoms with van der Waals surface area (Å²) in [4.78, 5) is 16.1. The van der Waals surface area contributed by atoms with Crippen molar-refractivity contribution in [2.45, 2.75) is 31.2 Å². The normalized spacial score (nSPS) is 19.6. The fourth-order valence-electron chi connectivity index (χ4n) is 4.39. The molecule has 4 rings (SSSR count). The molecule has 2 aromatic rings. The largest absolute Gasteiger partial charge is 0.497 e. The fraction of sp³-hybridized carbons (Fsp3) is 0.409. The molecule has 30 heavy (non-hydrogen) atoms. The molecule has 2 aliphatic rings. The van der Waals surface area contributed by atoms with Crippen molar-refractivity contribution in [3.8, 4) is 5.75 Å². The topological polar surface area (TPSA) is 70.2 Å². The van der Waals surface area contributed by atoms with Crippen molar-refractivity contribution in [2.24, 2.45) is 0 Å². The van der Waals surface area contributed by atoms with Gasteiger partial charge in [-0.1, -0.05) is 6.07 Å². The Labute approximate surface area is 177 Å². The Kier molecular flexibility index (Phi) is 5.46. The molecule has 0 N–H and O–H groups in total. The van der Waals surface area contributed by atoms with Crippen molar-refractivity contribution in [1.82, 2.24) is 4.31 Å². The average molecular weight is 430 g/mol. The van der Waals surface area contributed by atoms with Crippen LogP contribution < -0.4 is 14.5 Å². The van der Waals surface area contributed by atoms with E-state index >= 15 is 0 Å². The number of methoxy groups -OCH3 is 1. The highest BCUT2D eigenvalue weighted by Crippen LogP contribution is 2.34. The lowest BCUT2D eigenvalue weighted by atomic mass is 10.1. The van der Waals surface area contributed by atoms with Gasteiger partial charge >= 0.3 is 0 Å². The van der Waals surface area contributed by atoms with E-state index in [4.69, 9.17) is 4.74 Å². The Morgan fingerprint density at radius 1 is 1.07 bits per heavy atom. The molecule has 0 radical (unpaired) electrons. The minimum Gasteiger partial charge on any atom is -0.497 e. The number of benzene rings is 2. The third kappa shape index (κ3) is 3.65. The maximum absolute atomic E-state index is 13.2. The summed E-state index contributed by atoms with van der Waals surface area (Å²) in [5, 5.41) is 0. The molecule has 0 aliphatic carbocycles. The summed E-state index contributed by atoms with van der Waals surface area (Å²) in [6, 6.07) is 13.0. The van der Waals surface area contributed by atoms with Crippen LogP contribution in [0.1, 0.15) is 19.4 Å². The Hall–Kier alpha value is -2.58. The molecule has 0 saturated carbocycles. The Morgan fingerprint density at radius 3 is 2.47 bits per heavy atom. The highest BCUT2D eigenvalue weighted by molar-refractivity contribution is 7.89. The predicted octanol–water partition coefficient (Wildman–Crippen LogP) is 2.50. The molecule has 2 aliphatic heterocycles. The van der Waals surface area contributed by atoms with E-state index in [2.05, 4.69) is 4.90 Å². The van der Waals surface area contributed by atoms with Gasteiger partial charge in [0.05, 0.1) is 12.0 Å². The standard InChI is InChI=1S/C22H27N3O4S/c1-16-13-18-14-21(7-8-22(18)25(16)17(2)26)30(27,28)24-11-9-23(10-12-24)19-5-4-6-20(15-19)29-3/h4-8,14-16H,9-13H2,1-3H3/t16-/m0/s1. The van der Waals surface area contributed by atoms with Gasteiger partial charge in [-0.05, 0) is 49.2 Å². The van der Waals surface area contributed by atoms with Crippen LogP contribution in [0.4, 0.5) is 11.4 Å². The maximum atomic E-state index is 13.2. The van der Waals surface area contributed by atoms with Crippen LogP contribution in [0, 0.1) is 0 Å². The van der Waals surface area contributed by atoms with Crippen LogP contribution in [0.3, 0.4) is 0 Å². The molecule has 1 fully saturated rings. The van der Waals surface area contributed by atoms with Gasteiger partial charge in [0.15, 0.2) is 0 Å². The zero-order chi connectivity index (χ0) is 21.5. The van der Waals surface area contributed by atoms with E-state index in [0.29, 0.717) is 37.5 Å². The van der Waals surface area contributed by atoms with Crippen molar-refractivity contribution in [1.29, 1.82) is 0 Å². The van der Waals surface area contributed by atoms with E-state index in [-0.39, 0.29) is 11.9 Å². The monoisotopic (exact) mass is 429 g/mol.